The molecule has 1 amide bonds. The summed E-state index contributed by atoms with van der Waals surface area (Å²) in [6.07, 6.45) is 3.51. The Morgan fingerprint density at radius 2 is 2.25 bits per heavy atom. The fourth-order valence-corrected chi connectivity index (χ4v) is 3.84. The quantitative estimate of drug-likeness (QED) is 0.723. The molecule has 3 rings (SSSR count). The third kappa shape index (κ3) is 3.04. The largest absolute Gasteiger partial charge is 0.345 e. The molecule has 3 aromatic rings. The second-order valence-corrected chi connectivity index (χ2v) is 8.69. The maximum absolute atomic E-state index is 12.1. The summed E-state index contributed by atoms with van der Waals surface area (Å²) >= 11 is 1.25. The van der Waals surface area contributed by atoms with Gasteiger partial charge in [-0.15, -0.1) is 11.3 Å². The zero-order chi connectivity index (χ0) is 17.3. The number of hydrogen-bond acceptors (Lipinski definition) is 6. The summed E-state index contributed by atoms with van der Waals surface area (Å²) in [6, 6.07) is 3.77. The van der Waals surface area contributed by atoms with E-state index >= 15 is 0 Å². The van der Waals surface area contributed by atoms with Gasteiger partial charge in [0.25, 0.3) is 0 Å². The van der Waals surface area contributed by atoms with Gasteiger partial charge in [0.2, 0.25) is 5.91 Å². The molecule has 126 valence electrons. The molecule has 0 aliphatic rings. The number of carbonyl (C=O) groups excluding carboxylic acids is 1. The van der Waals surface area contributed by atoms with Gasteiger partial charge in [0.15, 0.2) is 15.0 Å². The van der Waals surface area contributed by atoms with Crippen LogP contribution in [0.25, 0.3) is 22.3 Å². The molecule has 0 bridgehead atoms. The Bertz CT molecular complexity index is 991. The molecule has 9 heteroatoms. The number of sulfone groups is 1. The van der Waals surface area contributed by atoms with Crippen LogP contribution in [0.3, 0.4) is 0 Å². The molecule has 1 unspecified atom stereocenters. The summed E-state index contributed by atoms with van der Waals surface area (Å²) in [6.45, 7) is 2.90. The van der Waals surface area contributed by atoms with Gasteiger partial charge in [0.05, 0.1) is 5.69 Å². The summed E-state index contributed by atoms with van der Waals surface area (Å²) in [4.78, 5) is 23.8. The lowest BCUT2D eigenvalue weighted by atomic mass is 10.2. The predicted octanol–water partition coefficient (Wildman–Crippen LogP) is 2.45. The summed E-state index contributed by atoms with van der Waals surface area (Å²) < 4.78 is 23.6. The second kappa shape index (κ2) is 6.33. The van der Waals surface area contributed by atoms with Crippen LogP contribution < -0.4 is 5.32 Å². The maximum atomic E-state index is 12.1. The number of hydrogen-bond donors (Lipinski definition) is 2. The number of thiazole rings is 1. The van der Waals surface area contributed by atoms with Crippen LogP contribution in [0.1, 0.15) is 13.8 Å². The molecule has 0 fully saturated rings. The molecule has 3 aromatic heterocycles. The molecular weight excluding hydrogens is 348 g/mol. The Labute approximate surface area is 143 Å². The minimum Gasteiger partial charge on any atom is -0.345 e. The van der Waals surface area contributed by atoms with Crippen LogP contribution in [0.2, 0.25) is 0 Å². The fourth-order valence-electron chi connectivity index (χ4n) is 2.24. The average molecular weight is 364 g/mol. The Morgan fingerprint density at radius 3 is 3.00 bits per heavy atom. The number of aromatic nitrogens is 3. The van der Waals surface area contributed by atoms with E-state index in [1.54, 1.807) is 6.20 Å². The molecular formula is C15H16N4O3S2. The van der Waals surface area contributed by atoms with Crippen molar-refractivity contribution in [3.05, 3.63) is 29.9 Å². The van der Waals surface area contributed by atoms with E-state index in [0.717, 1.165) is 16.6 Å². The average Bonchev–Trinajstić information content (AvgIpc) is 3.20. The number of nitrogens with one attached hydrogen (secondary N) is 2. The second-order valence-electron chi connectivity index (χ2n) is 5.22. The zero-order valence-corrected chi connectivity index (χ0v) is 14.7. The molecule has 0 aliphatic carbocycles. The molecule has 0 saturated carbocycles. The lowest BCUT2D eigenvalue weighted by Gasteiger charge is -2.10. The first kappa shape index (κ1) is 16.6. The van der Waals surface area contributed by atoms with E-state index in [2.05, 4.69) is 20.3 Å². The number of rotatable bonds is 5. The standard InChI is InChI=1S/C15H16N4O3S2/c1-3-24(21,22)9(2)14(20)19-15-18-12(8-23-15)11-7-17-13-10(11)5-4-6-16-13/h4-9H,3H2,1-2H3,(H,16,17)(H,18,19,20). The van der Waals surface area contributed by atoms with Gasteiger partial charge in [0, 0.05) is 34.5 Å². The molecule has 0 radical (unpaired) electrons. The topological polar surface area (TPSA) is 105 Å². The van der Waals surface area contributed by atoms with Crippen molar-refractivity contribution in [3.63, 3.8) is 0 Å². The van der Waals surface area contributed by atoms with Crippen LogP contribution in [0.4, 0.5) is 5.13 Å². The van der Waals surface area contributed by atoms with Crippen molar-refractivity contribution in [2.75, 3.05) is 11.1 Å². The first-order valence-electron chi connectivity index (χ1n) is 7.33. The molecule has 1 atom stereocenters. The zero-order valence-electron chi connectivity index (χ0n) is 13.1. The van der Waals surface area contributed by atoms with Crippen LogP contribution in [-0.2, 0) is 14.6 Å². The van der Waals surface area contributed by atoms with Crippen LogP contribution in [0.15, 0.2) is 29.9 Å². The van der Waals surface area contributed by atoms with Gasteiger partial charge in [0.1, 0.15) is 10.9 Å². The Kier molecular flexibility index (Phi) is 4.37. The number of H-pyrrole nitrogens is 1. The SMILES string of the molecule is CCS(=O)(=O)C(C)C(=O)Nc1nc(-c2c[nH]c3ncccc23)cs1. The summed E-state index contributed by atoms with van der Waals surface area (Å²) in [5.41, 5.74) is 2.33. The normalized spacial score (nSPS) is 13.1. The molecule has 2 N–H and O–H groups in total. The van der Waals surface area contributed by atoms with Crippen LogP contribution in [0.5, 0.6) is 0 Å². The summed E-state index contributed by atoms with van der Waals surface area (Å²) in [7, 11) is -3.43. The Morgan fingerprint density at radius 1 is 1.46 bits per heavy atom. The van der Waals surface area contributed by atoms with Crippen LogP contribution in [-0.4, -0.2) is 40.3 Å². The van der Waals surface area contributed by atoms with Gasteiger partial charge in [-0.3, -0.25) is 4.79 Å². The highest BCUT2D eigenvalue weighted by Crippen LogP contribution is 2.30. The number of nitrogens with zero attached hydrogens (tertiary/aromatic N) is 2. The van der Waals surface area contributed by atoms with E-state index in [9.17, 15) is 13.2 Å². The predicted molar refractivity (Wildman–Crippen MR) is 94.8 cm³/mol. The van der Waals surface area contributed by atoms with Crippen molar-refractivity contribution in [1.29, 1.82) is 0 Å². The third-order valence-corrected chi connectivity index (χ3v) is 6.63. The van der Waals surface area contributed by atoms with E-state index < -0.39 is 21.0 Å². The highest BCUT2D eigenvalue weighted by molar-refractivity contribution is 7.92. The number of fused-ring (bicyclic) bond motifs is 1. The van der Waals surface area contributed by atoms with Gasteiger partial charge in [-0.05, 0) is 19.1 Å². The maximum Gasteiger partial charge on any atom is 0.244 e. The number of amides is 1. The van der Waals surface area contributed by atoms with E-state index in [1.165, 1.54) is 25.2 Å². The summed E-state index contributed by atoms with van der Waals surface area (Å²) in [5, 5.41) is 4.58. The fraction of sp³-hybridized carbons (Fsp3) is 0.267. The van der Waals surface area contributed by atoms with E-state index in [1.807, 2.05) is 23.7 Å². The van der Waals surface area contributed by atoms with Gasteiger partial charge in [-0.1, -0.05) is 6.92 Å². The number of anilines is 1. The monoisotopic (exact) mass is 364 g/mol. The minimum atomic E-state index is -3.43. The van der Waals surface area contributed by atoms with Crippen LogP contribution >= 0.6 is 11.3 Å². The van der Waals surface area contributed by atoms with Gasteiger partial charge in [-0.25, -0.2) is 18.4 Å². The van der Waals surface area contributed by atoms with Crippen molar-refractivity contribution in [1.82, 2.24) is 15.0 Å². The number of pyridine rings is 1. The smallest absolute Gasteiger partial charge is 0.244 e. The van der Waals surface area contributed by atoms with Crippen molar-refractivity contribution in [2.24, 2.45) is 0 Å². The van der Waals surface area contributed by atoms with Crippen molar-refractivity contribution in [2.45, 2.75) is 19.1 Å². The third-order valence-electron chi connectivity index (χ3n) is 3.77. The van der Waals surface area contributed by atoms with E-state index in [4.69, 9.17) is 0 Å². The molecule has 0 aromatic carbocycles. The van der Waals surface area contributed by atoms with Gasteiger partial charge >= 0.3 is 0 Å². The number of carbonyl (C=O) groups is 1. The molecule has 0 saturated heterocycles. The van der Waals surface area contributed by atoms with Crippen molar-refractivity contribution in [3.8, 4) is 11.3 Å². The lowest BCUT2D eigenvalue weighted by molar-refractivity contribution is -0.115. The minimum absolute atomic E-state index is 0.0763. The van der Waals surface area contributed by atoms with Gasteiger partial charge < -0.3 is 10.3 Å². The van der Waals surface area contributed by atoms with E-state index in [-0.39, 0.29) is 5.75 Å². The lowest BCUT2D eigenvalue weighted by Crippen LogP contribution is -2.33. The first-order valence-corrected chi connectivity index (χ1v) is 9.92. The highest BCUT2D eigenvalue weighted by Gasteiger charge is 2.26. The Hall–Kier alpha value is -2.26. The van der Waals surface area contributed by atoms with Gasteiger partial charge in [-0.2, -0.15) is 0 Å². The molecule has 0 spiro atoms. The van der Waals surface area contributed by atoms with Crippen molar-refractivity contribution >= 4 is 43.2 Å². The first-order chi connectivity index (χ1) is 11.4. The molecule has 3 heterocycles. The van der Waals surface area contributed by atoms with E-state index in [0.29, 0.717) is 10.8 Å². The summed E-state index contributed by atoms with van der Waals surface area (Å²) in [5.74, 6) is -0.647. The van der Waals surface area contributed by atoms with Crippen LogP contribution in [0, 0.1) is 0 Å². The molecule has 24 heavy (non-hydrogen) atoms. The van der Waals surface area contributed by atoms with Crippen molar-refractivity contribution < 1.29 is 13.2 Å². The molecule has 7 nitrogen and oxygen atoms in total. The Balaban J connectivity index is 1.83. The highest BCUT2D eigenvalue weighted by atomic mass is 32.2. The number of aromatic amines is 1. The molecule has 0 aliphatic heterocycles.